The first kappa shape index (κ1) is 8.91. The fourth-order valence-electron chi connectivity index (χ4n) is 0. The fourth-order valence-corrected chi connectivity index (χ4v) is 0. The maximum Gasteiger partial charge on any atom is 0 e. The van der Waals surface area contributed by atoms with Gasteiger partial charge >= 0.3 is 0 Å². The average molecular weight is 134 g/mol. The molecule has 0 aliphatic rings. The van der Waals surface area contributed by atoms with E-state index in [0.29, 0.717) is 0 Å². The predicted molar refractivity (Wildman–Crippen MR) is 11.9 cm³/mol. The van der Waals surface area contributed by atoms with Crippen LogP contribution < -0.4 is 0 Å². The first-order valence-electron chi connectivity index (χ1n) is 0.836. The maximum absolute atomic E-state index is 7.44. The van der Waals surface area contributed by atoms with Gasteiger partial charge in [-0.2, -0.15) is 6.92 Å². The summed E-state index contributed by atoms with van der Waals surface area (Å²) in [5, 5.41) is 7.44. The van der Waals surface area contributed by atoms with E-state index in [1.165, 1.54) is 0 Å². The van der Waals surface area contributed by atoms with Crippen LogP contribution in [0.15, 0.2) is 0 Å². The zero-order chi connectivity index (χ0) is 2.71. The molecule has 0 saturated heterocycles. The molecule has 23 valence electrons. The van der Waals surface area contributed by atoms with Gasteiger partial charge in [-0.25, -0.2) is 6.61 Å². The Labute approximate surface area is 51.3 Å². The van der Waals surface area contributed by atoms with E-state index in [2.05, 4.69) is 0 Å². The van der Waals surface area contributed by atoms with Gasteiger partial charge in [-0.3, -0.25) is 0 Å². The van der Waals surface area contributed by atoms with Crippen LogP contribution in [0.1, 0.15) is 6.92 Å². The molecule has 0 bridgehead atoms. The van der Waals surface area contributed by atoms with Crippen molar-refractivity contribution < 1.29 is 37.8 Å². The summed E-state index contributed by atoms with van der Waals surface area (Å²) in [5.41, 5.74) is 0. The molecule has 0 fully saturated rings. The Balaban J connectivity index is 0. The van der Waals surface area contributed by atoms with Crippen molar-refractivity contribution in [1.29, 1.82) is 0 Å². The molecule has 0 saturated carbocycles. The van der Waals surface area contributed by atoms with E-state index >= 15 is 0 Å². The zero-order valence-corrected chi connectivity index (χ0v) is 5.44. The van der Waals surface area contributed by atoms with Crippen LogP contribution in [0.25, 0.3) is 0 Å². The third-order valence-corrected chi connectivity index (χ3v) is 0. The Bertz CT molecular complexity index is 6.00. The minimum absolute atomic E-state index is 0. The summed E-state index contributed by atoms with van der Waals surface area (Å²) in [5.74, 6) is 0. The molecule has 0 aliphatic heterocycles. The number of aliphatic hydroxyl groups excluding tert-OH is 1. The van der Waals surface area contributed by atoms with Crippen molar-refractivity contribution in [2.45, 2.75) is 6.92 Å². The van der Waals surface area contributed by atoms with Crippen molar-refractivity contribution in [3.63, 3.8) is 0 Å². The van der Waals surface area contributed by atoms with Crippen LogP contribution in [0.5, 0.6) is 0 Å². The molecule has 2 heteroatoms. The number of hydrogen-bond donors (Lipinski definition) is 1. The Hall–Kier alpha value is 1.06. The third-order valence-electron chi connectivity index (χ3n) is 0. The SMILES string of the molecule is C[CH-]O.[Y]. The van der Waals surface area contributed by atoms with Crippen LogP contribution >= 0.6 is 0 Å². The minimum atomic E-state index is 0. The van der Waals surface area contributed by atoms with Crippen molar-refractivity contribution in [3.05, 3.63) is 6.61 Å². The summed E-state index contributed by atoms with van der Waals surface area (Å²) in [6.45, 7) is 2.56. The van der Waals surface area contributed by atoms with E-state index < -0.39 is 0 Å². The van der Waals surface area contributed by atoms with Gasteiger partial charge in [0.25, 0.3) is 0 Å². The standard InChI is InChI=1S/C2H5O.Y/c1-2-3;/h2-3H,1H3;/q-1;. The minimum Gasteiger partial charge on any atom is -0.566 e. The predicted octanol–water partition coefficient (Wildman–Crippen LogP) is 0.538. The van der Waals surface area contributed by atoms with Crippen LogP contribution in [0.4, 0.5) is 0 Å². The second kappa shape index (κ2) is 8.96. The molecular formula is C2H5OY-. The Morgan fingerprint density at radius 2 is 1.75 bits per heavy atom. The molecule has 0 aliphatic carbocycles. The molecule has 1 N–H and O–H groups in total. The topological polar surface area (TPSA) is 20.2 Å². The van der Waals surface area contributed by atoms with Gasteiger partial charge in [0, 0.05) is 32.7 Å². The molecule has 0 rings (SSSR count). The van der Waals surface area contributed by atoms with E-state index in [9.17, 15) is 0 Å². The molecule has 1 nitrogen and oxygen atoms in total. The molecule has 0 heterocycles. The molecule has 4 heavy (non-hydrogen) atoms. The monoisotopic (exact) mass is 134 g/mol. The van der Waals surface area contributed by atoms with Crippen LogP contribution in [0.3, 0.4) is 0 Å². The van der Waals surface area contributed by atoms with E-state index in [1.807, 2.05) is 0 Å². The van der Waals surface area contributed by atoms with Gasteiger partial charge in [0.15, 0.2) is 0 Å². The van der Waals surface area contributed by atoms with Gasteiger partial charge in [-0.1, -0.05) is 0 Å². The average Bonchev–Trinajstić information content (AvgIpc) is 0.918. The second-order valence-corrected chi connectivity index (χ2v) is 0.258. The summed E-state index contributed by atoms with van der Waals surface area (Å²) in [6, 6.07) is 0. The number of aliphatic hydroxyl groups is 1. The van der Waals surface area contributed by atoms with Gasteiger partial charge in [0.05, 0.1) is 0 Å². The molecule has 1 radical (unpaired) electrons. The normalized spacial score (nSPS) is 4.50. The summed E-state index contributed by atoms with van der Waals surface area (Å²) in [6.07, 6.45) is 0. The summed E-state index contributed by atoms with van der Waals surface area (Å²) in [7, 11) is 0. The van der Waals surface area contributed by atoms with Gasteiger partial charge in [-0.05, 0) is 0 Å². The molecule has 0 spiro atoms. The molecule has 0 amide bonds. The van der Waals surface area contributed by atoms with E-state index in [1.54, 1.807) is 6.92 Å². The maximum atomic E-state index is 7.44. The van der Waals surface area contributed by atoms with E-state index in [-0.39, 0.29) is 32.7 Å². The summed E-state index contributed by atoms with van der Waals surface area (Å²) < 4.78 is 0. The van der Waals surface area contributed by atoms with Gasteiger partial charge < -0.3 is 5.11 Å². The smallest absolute Gasteiger partial charge is 0 e. The Morgan fingerprint density at radius 3 is 1.75 bits per heavy atom. The van der Waals surface area contributed by atoms with Gasteiger partial charge in [-0.15, -0.1) is 0 Å². The van der Waals surface area contributed by atoms with Crippen LogP contribution in [-0.2, 0) is 32.7 Å². The molecular weight excluding hydrogens is 129 g/mol. The van der Waals surface area contributed by atoms with Crippen molar-refractivity contribution in [2.24, 2.45) is 0 Å². The zero-order valence-electron chi connectivity index (χ0n) is 2.60. The van der Waals surface area contributed by atoms with Crippen molar-refractivity contribution >= 4 is 0 Å². The fraction of sp³-hybridized carbons (Fsp3) is 0.500. The summed E-state index contributed by atoms with van der Waals surface area (Å²) in [4.78, 5) is 0. The van der Waals surface area contributed by atoms with Gasteiger partial charge in [0.2, 0.25) is 0 Å². The van der Waals surface area contributed by atoms with Crippen LogP contribution in [0, 0.1) is 6.61 Å². The molecule has 0 aromatic rings. The first-order chi connectivity index (χ1) is 1.41. The van der Waals surface area contributed by atoms with Crippen molar-refractivity contribution in [1.82, 2.24) is 0 Å². The largest absolute Gasteiger partial charge is 0.566 e. The first-order valence-corrected chi connectivity index (χ1v) is 0.836. The van der Waals surface area contributed by atoms with Crippen LogP contribution in [-0.4, -0.2) is 5.11 Å². The Morgan fingerprint density at radius 1 is 1.75 bits per heavy atom. The Kier molecular flexibility index (Phi) is 19.9. The quantitative estimate of drug-likeness (QED) is 0.479. The number of rotatable bonds is 0. The molecule has 0 aromatic heterocycles. The van der Waals surface area contributed by atoms with Crippen LogP contribution in [0.2, 0.25) is 0 Å². The third kappa shape index (κ3) is 11.5. The molecule has 0 aromatic carbocycles. The molecule has 0 unspecified atom stereocenters. The van der Waals surface area contributed by atoms with Gasteiger partial charge in [0.1, 0.15) is 0 Å². The number of hydrogen-bond acceptors (Lipinski definition) is 1. The molecule has 0 atom stereocenters. The van der Waals surface area contributed by atoms with Crippen molar-refractivity contribution in [3.8, 4) is 0 Å². The van der Waals surface area contributed by atoms with Crippen molar-refractivity contribution in [2.75, 3.05) is 0 Å². The van der Waals surface area contributed by atoms with E-state index in [4.69, 9.17) is 5.11 Å². The van der Waals surface area contributed by atoms with E-state index in [0.717, 1.165) is 6.61 Å². The second-order valence-electron chi connectivity index (χ2n) is 0.258. The summed E-state index contributed by atoms with van der Waals surface area (Å²) >= 11 is 0.